The normalized spacial score (nSPS) is 10.3. The molecule has 0 spiro atoms. The second-order valence-electron chi connectivity index (χ2n) is 3.49. The molecular weight excluding hydrogens is 358 g/mol. The number of nitrogens with zero attached hydrogens (tertiary/aromatic N) is 2. The van der Waals surface area contributed by atoms with Gasteiger partial charge in [-0.25, -0.2) is 0 Å². The van der Waals surface area contributed by atoms with Gasteiger partial charge in [0.2, 0.25) is 0 Å². The topological polar surface area (TPSA) is 51.8 Å². The molecular formula is C12H9Cl2N3Ru. The van der Waals surface area contributed by atoms with Crippen LogP contribution < -0.4 is 5.73 Å². The number of anilines is 1. The third kappa shape index (κ3) is 2.72. The predicted molar refractivity (Wildman–Crippen MR) is 73.2 cm³/mol. The van der Waals surface area contributed by atoms with E-state index in [0.29, 0.717) is 0 Å². The Morgan fingerprint density at radius 3 is 2.33 bits per heavy atom. The van der Waals surface area contributed by atoms with Crippen molar-refractivity contribution >= 4 is 46.9 Å². The average Bonchev–Trinajstić information content (AvgIpc) is 2.40. The molecule has 0 aliphatic carbocycles. The van der Waals surface area contributed by atoms with E-state index in [0.717, 1.165) is 27.5 Å². The van der Waals surface area contributed by atoms with E-state index in [1.165, 1.54) is 0 Å². The summed E-state index contributed by atoms with van der Waals surface area (Å²) in [6.45, 7) is 0. The first kappa shape index (κ1) is 13.5. The summed E-state index contributed by atoms with van der Waals surface area (Å²) in [5, 5.41) is 1.99. The van der Waals surface area contributed by atoms with Gasteiger partial charge in [0, 0.05) is 28.9 Å². The van der Waals surface area contributed by atoms with Crippen molar-refractivity contribution in [2.24, 2.45) is 0 Å². The van der Waals surface area contributed by atoms with Gasteiger partial charge in [-0.2, -0.15) is 0 Å². The molecule has 1 aromatic carbocycles. The van der Waals surface area contributed by atoms with Crippen molar-refractivity contribution in [3.63, 3.8) is 0 Å². The maximum atomic E-state index is 5.95. The molecule has 0 fully saturated rings. The molecule has 94 valence electrons. The molecule has 3 nitrogen and oxygen atoms in total. The Morgan fingerprint density at radius 2 is 1.61 bits per heavy atom. The van der Waals surface area contributed by atoms with Crippen molar-refractivity contribution in [2.45, 2.75) is 0 Å². The Kier molecular flexibility index (Phi) is 4.70. The Balaban J connectivity index is 0.000000367. The third-order valence-corrected chi connectivity index (χ3v) is 2.49. The van der Waals surface area contributed by atoms with E-state index in [1.54, 1.807) is 12.4 Å². The summed E-state index contributed by atoms with van der Waals surface area (Å²) in [6.07, 6.45) is 3.53. The van der Waals surface area contributed by atoms with Crippen LogP contribution in [-0.2, 0) is 15.1 Å². The van der Waals surface area contributed by atoms with Gasteiger partial charge >= 0.3 is 34.5 Å². The number of pyridine rings is 2. The molecule has 0 saturated carbocycles. The minimum absolute atomic E-state index is 0.346. The first-order chi connectivity index (χ1) is 8.77. The summed E-state index contributed by atoms with van der Waals surface area (Å²) in [4.78, 5) is 8.66. The number of fused-ring (bicyclic) bond motifs is 3. The summed E-state index contributed by atoms with van der Waals surface area (Å²) in [7, 11) is 9.71. The van der Waals surface area contributed by atoms with Gasteiger partial charge in [0.15, 0.2) is 0 Å². The summed E-state index contributed by atoms with van der Waals surface area (Å²) in [6, 6.07) is 9.68. The molecule has 2 aromatic heterocycles. The molecule has 0 radical (unpaired) electrons. The van der Waals surface area contributed by atoms with Gasteiger partial charge in [0.25, 0.3) is 0 Å². The second-order valence-corrected chi connectivity index (χ2v) is 6.13. The number of rotatable bonds is 0. The predicted octanol–water partition coefficient (Wildman–Crippen LogP) is 3.74. The van der Waals surface area contributed by atoms with E-state index < -0.39 is 0 Å². The fraction of sp³-hybridized carbons (Fsp3) is 0. The standard InChI is InChI=1S/C12H9N3.2ClH.Ru/c13-10-7-8-3-1-5-14-11(8)12-9(10)4-2-6-15-12;;;/h1-7H,13H2;2*1H;/q;;;+2/p-2. The van der Waals surface area contributed by atoms with Crippen LogP contribution in [0.2, 0.25) is 0 Å². The zero-order valence-electron chi connectivity index (χ0n) is 9.12. The van der Waals surface area contributed by atoms with E-state index >= 15 is 0 Å². The van der Waals surface area contributed by atoms with Gasteiger partial charge in [0.05, 0.1) is 11.0 Å². The Labute approximate surface area is 120 Å². The zero-order chi connectivity index (χ0) is 13.0. The third-order valence-electron chi connectivity index (χ3n) is 2.49. The number of hydrogen-bond donors (Lipinski definition) is 1. The monoisotopic (exact) mass is 367 g/mol. The van der Waals surface area contributed by atoms with Crippen molar-refractivity contribution in [3.8, 4) is 0 Å². The molecule has 2 N–H and O–H groups in total. The van der Waals surface area contributed by atoms with Crippen LogP contribution in [0.1, 0.15) is 0 Å². The summed E-state index contributed by atoms with van der Waals surface area (Å²) in [5.41, 5.74) is 8.48. The van der Waals surface area contributed by atoms with Gasteiger partial charge in [-0.3, -0.25) is 9.97 Å². The van der Waals surface area contributed by atoms with Crippen molar-refractivity contribution in [1.82, 2.24) is 9.97 Å². The number of hydrogen-bond acceptors (Lipinski definition) is 3. The van der Waals surface area contributed by atoms with Crippen LogP contribution >= 0.6 is 19.4 Å². The molecule has 2 heterocycles. The first-order valence-corrected chi connectivity index (χ1v) is 9.48. The van der Waals surface area contributed by atoms with E-state index in [1.807, 2.05) is 30.3 Å². The van der Waals surface area contributed by atoms with Crippen LogP contribution in [0.3, 0.4) is 0 Å². The zero-order valence-corrected chi connectivity index (χ0v) is 12.4. The number of aromatic nitrogens is 2. The van der Waals surface area contributed by atoms with Gasteiger partial charge in [-0.1, -0.05) is 6.07 Å². The van der Waals surface area contributed by atoms with Crippen LogP contribution in [0.5, 0.6) is 0 Å². The van der Waals surface area contributed by atoms with Crippen LogP contribution in [-0.4, -0.2) is 9.97 Å². The molecule has 0 aliphatic heterocycles. The molecule has 0 bridgehead atoms. The SMILES string of the molecule is Nc1cc2cccnc2c2ncccc12.[Cl][Ru][Cl]. The van der Waals surface area contributed by atoms with E-state index in [4.69, 9.17) is 25.1 Å². The molecule has 0 atom stereocenters. The average molecular weight is 367 g/mol. The Morgan fingerprint density at radius 1 is 1.00 bits per heavy atom. The molecule has 0 unspecified atom stereocenters. The van der Waals surface area contributed by atoms with Crippen LogP contribution in [0.15, 0.2) is 42.7 Å². The first-order valence-electron chi connectivity index (χ1n) is 5.01. The van der Waals surface area contributed by atoms with Crippen molar-refractivity contribution in [1.29, 1.82) is 0 Å². The quantitative estimate of drug-likeness (QED) is 0.374. The molecule has 3 aromatic rings. The molecule has 0 saturated heterocycles. The summed E-state index contributed by atoms with van der Waals surface area (Å²) < 4.78 is 0. The molecule has 0 amide bonds. The Hall–Kier alpha value is -0.957. The minimum atomic E-state index is -0.346. The van der Waals surface area contributed by atoms with Gasteiger partial charge in [-0.15, -0.1) is 0 Å². The number of nitrogen functional groups attached to an aromatic ring is 1. The van der Waals surface area contributed by atoms with E-state index in [9.17, 15) is 0 Å². The Bertz CT molecular complexity index is 676. The van der Waals surface area contributed by atoms with Crippen LogP contribution in [0.25, 0.3) is 21.8 Å². The molecule has 18 heavy (non-hydrogen) atoms. The maximum absolute atomic E-state index is 5.95. The van der Waals surface area contributed by atoms with Gasteiger partial charge < -0.3 is 5.73 Å². The van der Waals surface area contributed by atoms with Crippen molar-refractivity contribution in [3.05, 3.63) is 42.7 Å². The molecule has 3 rings (SSSR count). The fourth-order valence-corrected chi connectivity index (χ4v) is 1.80. The van der Waals surface area contributed by atoms with Crippen molar-refractivity contribution < 1.29 is 15.1 Å². The summed E-state index contributed by atoms with van der Waals surface area (Å²) in [5.74, 6) is 0. The van der Waals surface area contributed by atoms with E-state index in [2.05, 4.69) is 9.97 Å². The number of benzene rings is 1. The second kappa shape index (κ2) is 6.28. The molecule has 0 aliphatic rings. The fourth-order valence-electron chi connectivity index (χ4n) is 1.80. The summed E-state index contributed by atoms with van der Waals surface area (Å²) >= 11 is -0.346. The van der Waals surface area contributed by atoms with Gasteiger partial charge in [-0.05, 0) is 24.3 Å². The number of halogens is 2. The van der Waals surface area contributed by atoms with Crippen LogP contribution in [0.4, 0.5) is 5.69 Å². The number of nitrogens with two attached hydrogens (primary N) is 1. The van der Waals surface area contributed by atoms with Crippen molar-refractivity contribution in [2.75, 3.05) is 5.73 Å². The van der Waals surface area contributed by atoms with Gasteiger partial charge in [0.1, 0.15) is 0 Å². The molecule has 6 heteroatoms. The van der Waals surface area contributed by atoms with Crippen LogP contribution in [0, 0.1) is 0 Å². The van der Waals surface area contributed by atoms with E-state index in [-0.39, 0.29) is 15.1 Å².